The molecule has 0 aliphatic carbocycles. The van der Waals surface area contributed by atoms with Crippen LogP contribution in [0.25, 0.3) is 0 Å². The largest absolute Gasteiger partial charge is 0.487 e. The number of anilines is 1. The number of hydrogen-bond acceptors (Lipinski definition) is 4. The highest BCUT2D eigenvalue weighted by Crippen LogP contribution is 2.23. The molecule has 22 heavy (non-hydrogen) atoms. The normalized spacial score (nSPS) is 15.4. The zero-order chi connectivity index (χ0) is 15.4. The first kappa shape index (κ1) is 14.3. The summed E-state index contributed by atoms with van der Waals surface area (Å²) in [6.07, 6.45) is 10.2. The molecule has 1 aliphatic heterocycles. The van der Waals surface area contributed by atoms with Crippen LogP contribution in [0.1, 0.15) is 18.4 Å². The molecule has 0 atom stereocenters. The number of piperidine rings is 1. The van der Waals surface area contributed by atoms with Gasteiger partial charge in [0.05, 0.1) is 5.56 Å². The Kier molecular flexibility index (Phi) is 4.19. The van der Waals surface area contributed by atoms with Crippen LogP contribution in [0.4, 0.5) is 10.3 Å². The van der Waals surface area contributed by atoms with E-state index in [0.29, 0.717) is 17.3 Å². The highest BCUT2D eigenvalue weighted by atomic mass is 19.1. The molecule has 2 heterocycles. The molecule has 1 saturated heterocycles. The molecule has 3 rings (SSSR count). The van der Waals surface area contributed by atoms with Gasteiger partial charge in [0.2, 0.25) is 5.95 Å². The summed E-state index contributed by atoms with van der Waals surface area (Å²) >= 11 is 0. The predicted octanol–water partition coefficient (Wildman–Crippen LogP) is 2.64. The Labute approximate surface area is 129 Å². The van der Waals surface area contributed by atoms with E-state index >= 15 is 0 Å². The molecule has 1 aromatic heterocycles. The smallest absolute Gasteiger partial charge is 0.225 e. The Morgan fingerprint density at radius 3 is 2.50 bits per heavy atom. The molecular weight excluding hydrogens is 281 g/mol. The van der Waals surface area contributed by atoms with Gasteiger partial charge in [0.1, 0.15) is 6.10 Å². The molecule has 0 unspecified atom stereocenters. The summed E-state index contributed by atoms with van der Waals surface area (Å²) < 4.78 is 19.3. The van der Waals surface area contributed by atoms with E-state index in [1.165, 1.54) is 6.07 Å². The molecule has 0 radical (unpaired) electrons. The molecule has 4 nitrogen and oxygen atoms in total. The molecule has 112 valence electrons. The molecule has 5 heteroatoms. The Morgan fingerprint density at radius 2 is 1.86 bits per heavy atom. The van der Waals surface area contributed by atoms with E-state index in [1.807, 2.05) is 0 Å². The van der Waals surface area contributed by atoms with Crippen LogP contribution in [0.2, 0.25) is 0 Å². The topological polar surface area (TPSA) is 38.2 Å². The number of terminal acetylenes is 1. The van der Waals surface area contributed by atoms with Crippen LogP contribution in [-0.2, 0) is 0 Å². The van der Waals surface area contributed by atoms with Gasteiger partial charge in [0.25, 0.3) is 0 Å². The lowest BCUT2D eigenvalue weighted by Crippen LogP contribution is -2.39. The van der Waals surface area contributed by atoms with Gasteiger partial charge >= 0.3 is 0 Å². The summed E-state index contributed by atoms with van der Waals surface area (Å²) in [4.78, 5) is 10.6. The third-order valence-electron chi connectivity index (χ3n) is 3.66. The maximum atomic E-state index is 13.6. The Bertz CT molecular complexity index is 673. The lowest BCUT2D eigenvalue weighted by molar-refractivity contribution is 0.163. The Hall–Kier alpha value is -2.61. The van der Waals surface area contributed by atoms with Crippen molar-refractivity contribution in [2.75, 3.05) is 18.0 Å². The minimum Gasteiger partial charge on any atom is -0.487 e. The van der Waals surface area contributed by atoms with E-state index in [1.54, 1.807) is 30.6 Å². The van der Waals surface area contributed by atoms with Crippen LogP contribution >= 0.6 is 0 Å². The van der Waals surface area contributed by atoms with Crippen molar-refractivity contribution in [3.05, 3.63) is 48.0 Å². The van der Waals surface area contributed by atoms with Crippen LogP contribution in [0.15, 0.2) is 36.7 Å². The number of aromatic nitrogens is 2. The van der Waals surface area contributed by atoms with E-state index in [4.69, 9.17) is 11.2 Å². The van der Waals surface area contributed by atoms with Crippen molar-refractivity contribution in [1.29, 1.82) is 0 Å². The monoisotopic (exact) mass is 297 g/mol. The SMILES string of the molecule is C#Cc1cnc(N2CCC(Oc3ccccc3F)CC2)nc1. The van der Waals surface area contributed by atoms with Crippen LogP contribution in [-0.4, -0.2) is 29.2 Å². The van der Waals surface area contributed by atoms with Crippen LogP contribution in [0.5, 0.6) is 5.75 Å². The quantitative estimate of drug-likeness (QED) is 0.816. The van der Waals surface area contributed by atoms with Crippen molar-refractivity contribution in [1.82, 2.24) is 9.97 Å². The van der Waals surface area contributed by atoms with E-state index in [-0.39, 0.29) is 11.9 Å². The average molecular weight is 297 g/mol. The molecule has 2 aromatic rings. The number of halogens is 1. The van der Waals surface area contributed by atoms with Gasteiger partial charge in [-0.3, -0.25) is 0 Å². The van der Waals surface area contributed by atoms with E-state index in [0.717, 1.165) is 25.9 Å². The van der Waals surface area contributed by atoms with Crippen molar-refractivity contribution >= 4 is 5.95 Å². The second-order valence-electron chi connectivity index (χ2n) is 5.15. The highest BCUT2D eigenvalue weighted by Gasteiger charge is 2.22. The summed E-state index contributed by atoms with van der Waals surface area (Å²) in [7, 11) is 0. The van der Waals surface area contributed by atoms with Gasteiger partial charge in [-0.25, -0.2) is 14.4 Å². The summed E-state index contributed by atoms with van der Waals surface area (Å²) in [5.74, 6) is 3.16. The minimum atomic E-state index is -0.321. The molecule has 0 spiro atoms. The van der Waals surface area contributed by atoms with E-state index in [9.17, 15) is 4.39 Å². The van der Waals surface area contributed by atoms with E-state index in [2.05, 4.69) is 20.8 Å². The number of nitrogens with zero attached hydrogens (tertiary/aromatic N) is 3. The van der Waals surface area contributed by atoms with Gasteiger partial charge in [-0.1, -0.05) is 18.1 Å². The number of rotatable bonds is 3. The Morgan fingerprint density at radius 1 is 1.18 bits per heavy atom. The minimum absolute atomic E-state index is 0.0122. The maximum Gasteiger partial charge on any atom is 0.225 e. The number of ether oxygens (including phenoxy) is 1. The van der Waals surface area contributed by atoms with Gasteiger partial charge in [-0.15, -0.1) is 6.42 Å². The summed E-state index contributed by atoms with van der Waals surface area (Å²) in [6, 6.07) is 6.49. The maximum absolute atomic E-state index is 13.6. The fraction of sp³-hybridized carbons (Fsp3) is 0.294. The summed E-state index contributed by atoms with van der Waals surface area (Å²) in [5, 5.41) is 0. The third kappa shape index (κ3) is 3.17. The molecular formula is C17H16FN3O. The number of para-hydroxylation sites is 1. The van der Waals surface area contributed by atoms with Crippen molar-refractivity contribution in [2.24, 2.45) is 0 Å². The fourth-order valence-corrected chi connectivity index (χ4v) is 2.45. The van der Waals surface area contributed by atoms with Crippen molar-refractivity contribution in [3.8, 4) is 18.1 Å². The second-order valence-corrected chi connectivity index (χ2v) is 5.15. The summed E-state index contributed by atoms with van der Waals surface area (Å²) in [6.45, 7) is 1.54. The van der Waals surface area contributed by atoms with Gasteiger partial charge in [0.15, 0.2) is 11.6 Å². The molecule has 0 saturated carbocycles. The second kappa shape index (κ2) is 6.44. The summed E-state index contributed by atoms with van der Waals surface area (Å²) in [5.41, 5.74) is 0.668. The van der Waals surface area contributed by atoms with Crippen LogP contribution in [0.3, 0.4) is 0 Å². The first-order chi connectivity index (χ1) is 10.8. The zero-order valence-corrected chi connectivity index (χ0v) is 12.1. The van der Waals surface area contributed by atoms with Crippen LogP contribution < -0.4 is 9.64 Å². The van der Waals surface area contributed by atoms with Gasteiger partial charge < -0.3 is 9.64 Å². The van der Waals surface area contributed by atoms with Crippen molar-refractivity contribution in [3.63, 3.8) is 0 Å². The lowest BCUT2D eigenvalue weighted by Gasteiger charge is -2.32. The van der Waals surface area contributed by atoms with Gasteiger partial charge in [0, 0.05) is 38.3 Å². The van der Waals surface area contributed by atoms with Crippen molar-refractivity contribution < 1.29 is 9.13 Å². The molecule has 1 aromatic carbocycles. The third-order valence-corrected chi connectivity index (χ3v) is 3.66. The fourth-order valence-electron chi connectivity index (χ4n) is 2.45. The number of benzene rings is 1. The highest BCUT2D eigenvalue weighted by molar-refractivity contribution is 5.35. The predicted molar refractivity (Wildman–Crippen MR) is 82.2 cm³/mol. The van der Waals surface area contributed by atoms with E-state index < -0.39 is 0 Å². The first-order valence-corrected chi connectivity index (χ1v) is 7.21. The zero-order valence-electron chi connectivity index (χ0n) is 12.1. The number of hydrogen-bond donors (Lipinski definition) is 0. The lowest BCUT2D eigenvalue weighted by atomic mass is 10.1. The molecule has 0 amide bonds. The van der Waals surface area contributed by atoms with Gasteiger partial charge in [-0.2, -0.15) is 0 Å². The average Bonchev–Trinajstić information content (AvgIpc) is 2.58. The standard InChI is InChI=1S/C17H16FN3O/c1-2-13-11-19-17(20-12-13)21-9-7-14(8-10-21)22-16-6-4-3-5-15(16)18/h1,3-6,11-12,14H,7-10H2. The Balaban J connectivity index is 1.58. The molecule has 1 fully saturated rings. The molecule has 1 aliphatic rings. The van der Waals surface area contributed by atoms with Gasteiger partial charge in [-0.05, 0) is 12.1 Å². The first-order valence-electron chi connectivity index (χ1n) is 7.21. The van der Waals surface area contributed by atoms with Crippen LogP contribution in [0, 0.1) is 18.2 Å². The molecule has 0 bridgehead atoms. The van der Waals surface area contributed by atoms with Crippen molar-refractivity contribution in [2.45, 2.75) is 18.9 Å². The molecule has 0 N–H and O–H groups in total.